The van der Waals surface area contributed by atoms with Crippen LogP contribution in [0.3, 0.4) is 0 Å². The van der Waals surface area contributed by atoms with E-state index in [1.807, 2.05) is 12.1 Å². The van der Waals surface area contributed by atoms with Gasteiger partial charge in [0.25, 0.3) is 5.91 Å². The molecule has 0 saturated heterocycles. The van der Waals surface area contributed by atoms with E-state index in [2.05, 4.69) is 26.0 Å². The quantitative estimate of drug-likeness (QED) is 0.763. The Labute approximate surface area is 149 Å². The molecule has 2 rings (SSSR count). The van der Waals surface area contributed by atoms with Crippen molar-refractivity contribution < 1.29 is 17.9 Å². The van der Waals surface area contributed by atoms with E-state index in [4.69, 9.17) is 4.74 Å². The number of anilines is 1. The predicted octanol–water partition coefficient (Wildman–Crippen LogP) is 2.76. The molecule has 2 aromatic carbocycles. The number of sulfonamides is 1. The van der Waals surface area contributed by atoms with Gasteiger partial charge in [-0.1, -0.05) is 15.9 Å². The van der Waals surface area contributed by atoms with E-state index < -0.39 is 16.1 Å². The molecule has 0 heterocycles. The maximum Gasteiger partial charge on any atom is 0.265 e. The van der Waals surface area contributed by atoms with Gasteiger partial charge < -0.3 is 10.1 Å². The molecule has 1 atom stereocenters. The van der Waals surface area contributed by atoms with Crippen LogP contribution in [-0.4, -0.2) is 27.5 Å². The van der Waals surface area contributed by atoms with Gasteiger partial charge in [0.2, 0.25) is 10.0 Å². The molecule has 6 nitrogen and oxygen atoms in total. The van der Waals surface area contributed by atoms with Crippen LogP contribution in [0.15, 0.2) is 57.9 Å². The van der Waals surface area contributed by atoms with E-state index in [0.29, 0.717) is 11.4 Å². The summed E-state index contributed by atoms with van der Waals surface area (Å²) in [7, 11) is -2.16. The topological polar surface area (TPSA) is 84.5 Å². The number of ether oxygens (including phenoxy) is 1. The number of rotatable bonds is 6. The van der Waals surface area contributed by atoms with Gasteiger partial charge in [0, 0.05) is 10.2 Å². The zero-order chi connectivity index (χ0) is 17.7. The van der Waals surface area contributed by atoms with Crippen LogP contribution < -0.4 is 14.8 Å². The lowest BCUT2D eigenvalue weighted by Gasteiger charge is -2.15. The number of halogens is 1. The van der Waals surface area contributed by atoms with Crippen molar-refractivity contribution in [2.45, 2.75) is 17.9 Å². The molecule has 0 saturated carbocycles. The molecule has 0 fully saturated rings. The Balaban J connectivity index is 1.99. The average Bonchev–Trinajstić information content (AvgIpc) is 2.57. The Kier molecular flexibility index (Phi) is 5.98. The van der Waals surface area contributed by atoms with Crippen molar-refractivity contribution in [2.75, 3.05) is 12.4 Å². The highest BCUT2D eigenvalue weighted by Crippen LogP contribution is 2.18. The van der Waals surface area contributed by atoms with Crippen molar-refractivity contribution in [3.63, 3.8) is 0 Å². The maximum atomic E-state index is 12.1. The lowest BCUT2D eigenvalue weighted by atomic mass is 10.3. The summed E-state index contributed by atoms with van der Waals surface area (Å²) in [6.07, 6.45) is -0.702. The average molecular weight is 413 g/mol. The minimum absolute atomic E-state index is 0.127. The molecule has 2 aromatic rings. The van der Waals surface area contributed by atoms with Crippen LogP contribution in [0.5, 0.6) is 5.75 Å². The molecule has 0 aromatic heterocycles. The molecular formula is C16H17BrN2O4S. The molecule has 0 aliphatic carbocycles. The highest BCUT2D eigenvalue weighted by atomic mass is 79.9. The van der Waals surface area contributed by atoms with Gasteiger partial charge in [-0.25, -0.2) is 13.1 Å². The molecule has 24 heavy (non-hydrogen) atoms. The zero-order valence-electron chi connectivity index (χ0n) is 13.1. The van der Waals surface area contributed by atoms with Crippen molar-refractivity contribution in [3.05, 3.63) is 53.0 Å². The van der Waals surface area contributed by atoms with Crippen LogP contribution in [0.2, 0.25) is 0 Å². The van der Waals surface area contributed by atoms with Gasteiger partial charge in [0.15, 0.2) is 6.10 Å². The summed E-state index contributed by atoms with van der Waals surface area (Å²) in [6, 6.07) is 13.0. The first-order valence-corrected chi connectivity index (χ1v) is 9.36. The van der Waals surface area contributed by atoms with Gasteiger partial charge >= 0.3 is 0 Å². The third kappa shape index (κ3) is 4.80. The monoisotopic (exact) mass is 412 g/mol. The third-order valence-electron chi connectivity index (χ3n) is 3.20. The van der Waals surface area contributed by atoms with Gasteiger partial charge in [-0.3, -0.25) is 4.79 Å². The Morgan fingerprint density at radius 3 is 2.21 bits per heavy atom. The largest absolute Gasteiger partial charge is 0.481 e. The van der Waals surface area contributed by atoms with E-state index in [9.17, 15) is 13.2 Å². The van der Waals surface area contributed by atoms with Crippen LogP contribution in [0.4, 0.5) is 5.69 Å². The van der Waals surface area contributed by atoms with Crippen LogP contribution in [-0.2, 0) is 14.8 Å². The van der Waals surface area contributed by atoms with Crippen LogP contribution >= 0.6 is 15.9 Å². The zero-order valence-corrected chi connectivity index (χ0v) is 15.5. The fraction of sp³-hybridized carbons (Fsp3) is 0.188. The minimum Gasteiger partial charge on any atom is -0.481 e. The molecule has 0 radical (unpaired) electrons. The summed E-state index contributed by atoms with van der Waals surface area (Å²) in [4.78, 5) is 12.3. The normalized spacial score (nSPS) is 12.5. The summed E-state index contributed by atoms with van der Waals surface area (Å²) in [5, 5.41) is 2.68. The Bertz CT molecular complexity index is 805. The van der Waals surface area contributed by atoms with E-state index >= 15 is 0 Å². The predicted molar refractivity (Wildman–Crippen MR) is 95.5 cm³/mol. The lowest BCUT2D eigenvalue weighted by Crippen LogP contribution is -2.30. The van der Waals surface area contributed by atoms with Gasteiger partial charge in [0.05, 0.1) is 4.90 Å². The second-order valence-electron chi connectivity index (χ2n) is 4.94. The smallest absolute Gasteiger partial charge is 0.265 e. The number of benzene rings is 2. The molecule has 0 bridgehead atoms. The molecular weight excluding hydrogens is 396 g/mol. The molecule has 2 N–H and O–H groups in total. The minimum atomic E-state index is -3.50. The molecule has 0 spiro atoms. The second kappa shape index (κ2) is 7.78. The van der Waals surface area contributed by atoms with E-state index in [-0.39, 0.29) is 10.8 Å². The highest BCUT2D eigenvalue weighted by molar-refractivity contribution is 9.10. The second-order valence-corrected chi connectivity index (χ2v) is 7.74. The number of nitrogens with one attached hydrogen (secondary N) is 2. The first kappa shape index (κ1) is 18.4. The van der Waals surface area contributed by atoms with Crippen molar-refractivity contribution in [1.29, 1.82) is 0 Å². The van der Waals surface area contributed by atoms with Gasteiger partial charge in [-0.2, -0.15) is 0 Å². The summed E-state index contributed by atoms with van der Waals surface area (Å²) in [5.41, 5.74) is 0.487. The van der Waals surface area contributed by atoms with Crippen LogP contribution in [0.1, 0.15) is 6.92 Å². The van der Waals surface area contributed by atoms with Gasteiger partial charge in [-0.15, -0.1) is 0 Å². The highest BCUT2D eigenvalue weighted by Gasteiger charge is 2.16. The Morgan fingerprint density at radius 1 is 1.08 bits per heavy atom. The summed E-state index contributed by atoms with van der Waals surface area (Å²) in [6.45, 7) is 1.64. The van der Waals surface area contributed by atoms with E-state index in [1.54, 1.807) is 19.1 Å². The van der Waals surface area contributed by atoms with Crippen LogP contribution in [0, 0.1) is 0 Å². The SMILES string of the molecule is CNS(=O)(=O)c1ccc(NC(=O)[C@@H](C)Oc2ccc(Br)cc2)cc1. The third-order valence-corrected chi connectivity index (χ3v) is 5.16. The molecule has 128 valence electrons. The lowest BCUT2D eigenvalue weighted by molar-refractivity contribution is -0.122. The first-order valence-electron chi connectivity index (χ1n) is 7.08. The number of amides is 1. The standard InChI is InChI=1S/C16H17BrN2O4S/c1-11(23-14-7-3-12(17)4-8-14)16(20)19-13-5-9-15(10-6-13)24(21,22)18-2/h3-11,18H,1-2H3,(H,19,20)/t11-/m1/s1. The first-order chi connectivity index (χ1) is 11.3. The summed E-state index contributed by atoms with van der Waals surface area (Å²) < 4.78 is 32.0. The number of carbonyl (C=O) groups excluding carboxylic acids is 1. The van der Waals surface area contributed by atoms with Crippen molar-refractivity contribution in [1.82, 2.24) is 4.72 Å². The summed E-state index contributed by atoms with van der Waals surface area (Å²) in [5.74, 6) is 0.249. The fourth-order valence-corrected chi connectivity index (χ4v) is 2.84. The van der Waals surface area contributed by atoms with Gasteiger partial charge in [0.1, 0.15) is 5.75 Å². The molecule has 1 amide bonds. The Morgan fingerprint density at radius 2 is 1.67 bits per heavy atom. The van der Waals surface area contributed by atoms with E-state index in [0.717, 1.165) is 4.47 Å². The van der Waals surface area contributed by atoms with Crippen molar-refractivity contribution >= 4 is 37.5 Å². The summed E-state index contributed by atoms with van der Waals surface area (Å²) >= 11 is 3.33. The molecule has 8 heteroatoms. The van der Waals surface area contributed by atoms with Gasteiger partial charge in [-0.05, 0) is 62.5 Å². The van der Waals surface area contributed by atoms with Crippen molar-refractivity contribution in [3.8, 4) is 5.75 Å². The Hall–Kier alpha value is -1.90. The van der Waals surface area contributed by atoms with Crippen molar-refractivity contribution in [2.24, 2.45) is 0 Å². The molecule has 0 unspecified atom stereocenters. The molecule has 0 aliphatic heterocycles. The van der Waals surface area contributed by atoms with Crippen LogP contribution in [0.25, 0.3) is 0 Å². The fourth-order valence-electron chi connectivity index (χ4n) is 1.85. The number of hydrogen-bond acceptors (Lipinski definition) is 4. The molecule has 0 aliphatic rings. The number of carbonyl (C=O) groups is 1. The number of hydrogen-bond donors (Lipinski definition) is 2. The maximum absolute atomic E-state index is 12.1. The van der Waals surface area contributed by atoms with E-state index in [1.165, 1.54) is 31.3 Å².